The fraction of sp³-hybridized carbons (Fsp3) is 0.125. The summed E-state index contributed by atoms with van der Waals surface area (Å²) in [7, 11) is -4.03. The average Bonchev–Trinajstić information content (AvgIpc) is 2.78. The number of ketones is 1. The standard InChI is InChI=1S/C24H21ClN2O3S/c25-20-12-10-19(11-13-20)17-27-22-9-5-4-8-21(22)24(28)23(31(27,29)30)16-26-15-14-18-6-2-1-3-7-18/h1-13,16,26H,14-15,17H2/b23-16+. The zero-order valence-corrected chi connectivity index (χ0v) is 18.2. The highest BCUT2D eigenvalue weighted by Gasteiger charge is 2.39. The lowest BCUT2D eigenvalue weighted by atomic mass is 10.1. The Morgan fingerprint density at radius 2 is 1.55 bits per heavy atom. The number of nitrogens with one attached hydrogen (secondary N) is 1. The Hall–Kier alpha value is -3.09. The highest BCUT2D eigenvalue weighted by atomic mass is 35.5. The maximum atomic E-state index is 13.4. The Kier molecular flexibility index (Phi) is 6.11. The predicted octanol–water partition coefficient (Wildman–Crippen LogP) is 4.55. The number of halogens is 1. The van der Waals surface area contributed by atoms with Crippen molar-refractivity contribution in [3.05, 3.63) is 112 Å². The SMILES string of the molecule is O=C1/C(=C\NCCc2ccccc2)S(=O)(=O)N(Cc2ccc(Cl)cc2)c2ccccc21. The maximum Gasteiger partial charge on any atom is 0.270 e. The molecule has 0 saturated carbocycles. The monoisotopic (exact) mass is 452 g/mol. The van der Waals surface area contributed by atoms with Gasteiger partial charge in [0.2, 0.25) is 5.78 Å². The van der Waals surface area contributed by atoms with Crippen LogP contribution in [0.15, 0.2) is 90.0 Å². The van der Waals surface area contributed by atoms with Gasteiger partial charge in [0.25, 0.3) is 10.0 Å². The summed E-state index contributed by atoms with van der Waals surface area (Å²) in [6.07, 6.45) is 2.04. The molecule has 0 bridgehead atoms. The van der Waals surface area contributed by atoms with E-state index in [4.69, 9.17) is 11.6 Å². The number of Topliss-reactive ketones (excluding diaryl/α,β-unsaturated/α-hetero) is 1. The number of anilines is 1. The largest absolute Gasteiger partial charge is 0.389 e. The minimum Gasteiger partial charge on any atom is -0.389 e. The van der Waals surface area contributed by atoms with E-state index in [0.29, 0.717) is 29.2 Å². The Bertz CT molecular complexity index is 1220. The van der Waals surface area contributed by atoms with Crippen LogP contribution in [-0.2, 0) is 23.0 Å². The van der Waals surface area contributed by atoms with Gasteiger partial charge in [-0.25, -0.2) is 8.42 Å². The topological polar surface area (TPSA) is 66.5 Å². The molecule has 1 aliphatic heterocycles. The molecule has 4 rings (SSSR count). The molecule has 0 radical (unpaired) electrons. The lowest BCUT2D eigenvalue weighted by Crippen LogP contribution is -2.39. The molecule has 0 spiro atoms. The van der Waals surface area contributed by atoms with Gasteiger partial charge >= 0.3 is 0 Å². The highest BCUT2D eigenvalue weighted by Crippen LogP contribution is 2.36. The Balaban J connectivity index is 1.63. The first-order chi connectivity index (χ1) is 15.0. The smallest absolute Gasteiger partial charge is 0.270 e. The van der Waals surface area contributed by atoms with Crippen molar-refractivity contribution >= 4 is 33.1 Å². The number of carbonyl (C=O) groups is 1. The van der Waals surface area contributed by atoms with Crippen LogP contribution < -0.4 is 9.62 Å². The Labute approximate surface area is 187 Å². The van der Waals surface area contributed by atoms with Gasteiger partial charge in [0.05, 0.1) is 12.2 Å². The van der Waals surface area contributed by atoms with E-state index in [1.54, 1.807) is 48.5 Å². The number of nitrogens with zero attached hydrogens (tertiary/aromatic N) is 1. The summed E-state index contributed by atoms with van der Waals surface area (Å²) in [5, 5.41) is 3.58. The molecule has 0 saturated heterocycles. The second-order valence-corrected chi connectivity index (χ2v) is 9.45. The third kappa shape index (κ3) is 4.50. The van der Waals surface area contributed by atoms with Crippen LogP contribution in [0.1, 0.15) is 21.5 Å². The molecule has 0 unspecified atom stereocenters. The second kappa shape index (κ2) is 8.96. The van der Waals surface area contributed by atoms with Crippen molar-refractivity contribution in [2.45, 2.75) is 13.0 Å². The molecule has 3 aromatic rings. The molecular formula is C24H21ClN2O3S. The average molecular weight is 453 g/mol. The van der Waals surface area contributed by atoms with Crippen molar-refractivity contribution in [2.75, 3.05) is 10.8 Å². The molecule has 3 aromatic carbocycles. The van der Waals surface area contributed by atoms with Gasteiger partial charge in [0.1, 0.15) is 0 Å². The Morgan fingerprint density at radius 1 is 0.871 bits per heavy atom. The van der Waals surface area contributed by atoms with Crippen LogP contribution in [0.25, 0.3) is 0 Å². The van der Waals surface area contributed by atoms with Gasteiger partial charge in [0.15, 0.2) is 4.91 Å². The minimum absolute atomic E-state index is 0.102. The first-order valence-electron chi connectivity index (χ1n) is 9.85. The summed E-state index contributed by atoms with van der Waals surface area (Å²) in [5.41, 5.74) is 2.64. The zero-order chi connectivity index (χ0) is 21.8. The quantitative estimate of drug-likeness (QED) is 0.440. The molecule has 7 heteroatoms. The molecule has 0 aromatic heterocycles. The van der Waals surface area contributed by atoms with Crippen LogP contribution in [0.5, 0.6) is 0 Å². The molecule has 0 fully saturated rings. The van der Waals surface area contributed by atoms with E-state index in [9.17, 15) is 13.2 Å². The van der Waals surface area contributed by atoms with Gasteiger partial charge in [-0.1, -0.05) is 66.2 Å². The summed E-state index contributed by atoms with van der Waals surface area (Å²) in [4.78, 5) is 12.8. The summed E-state index contributed by atoms with van der Waals surface area (Å²) in [6, 6.07) is 23.6. The third-order valence-electron chi connectivity index (χ3n) is 5.08. The summed E-state index contributed by atoms with van der Waals surface area (Å²) < 4.78 is 28.1. The fourth-order valence-corrected chi connectivity index (χ4v) is 5.15. The molecule has 0 amide bonds. The molecule has 1 N–H and O–H groups in total. The molecular weight excluding hydrogens is 432 g/mol. The summed E-state index contributed by atoms with van der Waals surface area (Å²) in [5.74, 6) is -0.504. The number of carbonyl (C=O) groups excluding carboxylic acids is 1. The summed E-state index contributed by atoms with van der Waals surface area (Å²) in [6.45, 7) is 0.611. The molecule has 0 atom stereocenters. The first-order valence-corrected chi connectivity index (χ1v) is 11.7. The van der Waals surface area contributed by atoms with E-state index in [-0.39, 0.29) is 11.4 Å². The van der Waals surface area contributed by atoms with E-state index >= 15 is 0 Å². The summed E-state index contributed by atoms with van der Waals surface area (Å²) >= 11 is 5.96. The molecule has 1 heterocycles. The van der Waals surface area contributed by atoms with Gasteiger partial charge in [0, 0.05) is 23.3 Å². The number of allylic oxidation sites excluding steroid dienone is 1. The van der Waals surface area contributed by atoms with Crippen molar-refractivity contribution in [3.63, 3.8) is 0 Å². The van der Waals surface area contributed by atoms with Crippen LogP contribution in [0.4, 0.5) is 5.69 Å². The number of hydrogen-bond acceptors (Lipinski definition) is 4. The third-order valence-corrected chi connectivity index (χ3v) is 7.10. The van der Waals surface area contributed by atoms with Crippen molar-refractivity contribution in [1.29, 1.82) is 0 Å². The number of sulfonamides is 1. The predicted molar refractivity (Wildman–Crippen MR) is 124 cm³/mol. The van der Waals surface area contributed by atoms with Crippen molar-refractivity contribution in [1.82, 2.24) is 5.32 Å². The molecule has 0 aliphatic carbocycles. The van der Waals surface area contributed by atoms with Gasteiger partial charge in [-0.15, -0.1) is 0 Å². The lowest BCUT2D eigenvalue weighted by Gasteiger charge is -2.31. The van der Waals surface area contributed by atoms with Gasteiger partial charge in [-0.2, -0.15) is 0 Å². The lowest BCUT2D eigenvalue weighted by molar-refractivity contribution is 0.104. The minimum atomic E-state index is -4.03. The molecule has 1 aliphatic rings. The van der Waals surface area contributed by atoms with E-state index in [0.717, 1.165) is 11.1 Å². The van der Waals surface area contributed by atoms with E-state index in [1.807, 2.05) is 30.3 Å². The van der Waals surface area contributed by atoms with E-state index in [2.05, 4.69) is 5.32 Å². The van der Waals surface area contributed by atoms with Crippen molar-refractivity contribution in [3.8, 4) is 0 Å². The number of benzene rings is 3. The number of para-hydroxylation sites is 1. The zero-order valence-electron chi connectivity index (χ0n) is 16.7. The number of fused-ring (bicyclic) bond motifs is 1. The molecule has 5 nitrogen and oxygen atoms in total. The van der Waals surface area contributed by atoms with Gasteiger partial charge in [-0.05, 0) is 41.8 Å². The van der Waals surface area contributed by atoms with Crippen LogP contribution in [0, 0.1) is 0 Å². The van der Waals surface area contributed by atoms with Crippen LogP contribution >= 0.6 is 11.6 Å². The van der Waals surface area contributed by atoms with Gasteiger partial charge in [-0.3, -0.25) is 9.10 Å². The van der Waals surface area contributed by atoms with Crippen molar-refractivity contribution < 1.29 is 13.2 Å². The number of rotatable bonds is 6. The van der Waals surface area contributed by atoms with Gasteiger partial charge < -0.3 is 5.32 Å². The van der Waals surface area contributed by atoms with E-state index in [1.165, 1.54) is 10.5 Å². The van der Waals surface area contributed by atoms with E-state index < -0.39 is 15.8 Å². The first kappa shape index (κ1) is 21.2. The fourth-order valence-electron chi connectivity index (χ4n) is 3.47. The molecule has 31 heavy (non-hydrogen) atoms. The maximum absolute atomic E-state index is 13.4. The van der Waals surface area contributed by atoms with Crippen molar-refractivity contribution in [2.24, 2.45) is 0 Å². The second-order valence-electron chi connectivity index (χ2n) is 7.18. The normalized spacial score (nSPS) is 16.2. The highest BCUT2D eigenvalue weighted by molar-refractivity contribution is 7.97. The van der Waals surface area contributed by atoms with Crippen LogP contribution in [0.3, 0.4) is 0 Å². The molecule has 158 valence electrons. The Morgan fingerprint density at radius 3 is 2.29 bits per heavy atom. The van der Waals surface area contributed by atoms with Crippen LogP contribution in [-0.4, -0.2) is 20.7 Å². The number of hydrogen-bond donors (Lipinski definition) is 1. The van der Waals surface area contributed by atoms with Crippen LogP contribution in [0.2, 0.25) is 5.02 Å².